The van der Waals surface area contributed by atoms with E-state index in [1.54, 1.807) is 0 Å². The number of carbonyl (C=O) groups is 1. The Bertz CT molecular complexity index is 1040. The minimum atomic E-state index is -4.81. The van der Waals surface area contributed by atoms with Crippen LogP contribution in [0.25, 0.3) is 16.9 Å². The van der Waals surface area contributed by atoms with Crippen molar-refractivity contribution in [1.29, 1.82) is 0 Å². The summed E-state index contributed by atoms with van der Waals surface area (Å²) in [6, 6.07) is 2.24. The van der Waals surface area contributed by atoms with Gasteiger partial charge in [-0.05, 0) is 12.1 Å². The Morgan fingerprint density at radius 3 is 2.76 bits per heavy atom. The largest absolute Gasteiger partial charge is 0.418 e. The molecule has 3 rings (SSSR count). The van der Waals surface area contributed by atoms with Gasteiger partial charge in [0.25, 0.3) is 5.56 Å². The van der Waals surface area contributed by atoms with Gasteiger partial charge in [0, 0.05) is 12.4 Å². The average Bonchev–Trinajstić information content (AvgIpc) is 2.96. The van der Waals surface area contributed by atoms with Crippen LogP contribution in [-0.2, 0) is 11.0 Å². The van der Waals surface area contributed by atoms with Crippen molar-refractivity contribution in [2.75, 3.05) is 0 Å². The standard InChI is InChI=1S/C13H6F3N5O4/c14-13(15,16)7-4-21(10-9(7)11(22)19-5-18-10)8-3-6(1-2-17-8)12(23)25-20-24/h1-5H,(H,18,19,22). The molecule has 1 N–H and O–H groups in total. The third-order valence-corrected chi connectivity index (χ3v) is 3.24. The number of carbonyl (C=O) groups excluding carboxylic acids is 1. The summed E-state index contributed by atoms with van der Waals surface area (Å²) in [7, 11) is 0. The Morgan fingerprint density at radius 2 is 2.08 bits per heavy atom. The number of hydrogen-bond acceptors (Lipinski definition) is 7. The van der Waals surface area contributed by atoms with Gasteiger partial charge in [0.1, 0.15) is 5.82 Å². The molecule has 0 fully saturated rings. The summed E-state index contributed by atoms with van der Waals surface area (Å²) in [5, 5.41) is 1.31. The molecule has 0 aliphatic carbocycles. The molecular formula is C13H6F3N5O4. The molecule has 0 aliphatic rings. The summed E-state index contributed by atoms with van der Waals surface area (Å²) in [6.45, 7) is 0. The van der Waals surface area contributed by atoms with Crippen LogP contribution in [0.15, 0.2) is 41.0 Å². The summed E-state index contributed by atoms with van der Waals surface area (Å²) in [5.74, 6) is -1.25. The van der Waals surface area contributed by atoms with Gasteiger partial charge in [-0.25, -0.2) is 14.8 Å². The maximum atomic E-state index is 13.2. The summed E-state index contributed by atoms with van der Waals surface area (Å²) in [5.41, 5.74) is -2.66. The molecule has 0 saturated carbocycles. The van der Waals surface area contributed by atoms with Crippen molar-refractivity contribution in [3.8, 4) is 5.82 Å². The number of pyridine rings is 1. The summed E-state index contributed by atoms with van der Waals surface area (Å²) < 4.78 is 40.5. The molecule has 3 aromatic rings. The van der Waals surface area contributed by atoms with Gasteiger partial charge < -0.3 is 4.98 Å². The minimum Gasteiger partial charge on any atom is -0.312 e. The number of aromatic amines is 1. The molecule has 0 radical (unpaired) electrons. The van der Waals surface area contributed by atoms with Crippen LogP contribution in [0.3, 0.4) is 0 Å². The molecule has 0 bridgehead atoms. The van der Waals surface area contributed by atoms with Crippen LogP contribution in [0.4, 0.5) is 13.2 Å². The van der Waals surface area contributed by atoms with Gasteiger partial charge in [-0.2, -0.15) is 13.2 Å². The first-order valence-electron chi connectivity index (χ1n) is 6.49. The predicted molar refractivity (Wildman–Crippen MR) is 75.7 cm³/mol. The van der Waals surface area contributed by atoms with Gasteiger partial charge >= 0.3 is 12.1 Å². The van der Waals surface area contributed by atoms with Crippen molar-refractivity contribution in [2.24, 2.45) is 5.34 Å². The van der Waals surface area contributed by atoms with Crippen LogP contribution < -0.4 is 5.56 Å². The normalized spacial score (nSPS) is 11.5. The average molecular weight is 353 g/mol. The maximum absolute atomic E-state index is 13.2. The van der Waals surface area contributed by atoms with Crippen molar-refractivity contribution < 1.29 is 22.8 Å². The second kappa shape index (κ2) is 5.81. The van der Waals surface area contributed by atoms with Gasteiger partial charge in [-0.3, -0.25) is 14.2 Å². The molecular weight excluding hydrogens is 347 g/mol. The van der Waals surface area contributed by atoms with E-state index in [1.807, 2.05) is 5.34 Å². The van der Waals surface area contributed by atoms with Gasteiger partial charge in [-0.1, -0.05) is 0 Å². The molecule has 0 amide bonds. The zero-order valence-electron chi connectivity index (χ0n) is 11.9. The second-order valence-corrected chi connectivity index (χ2v) is 4.70. The highest BCUT2D eigenvalue weighted by atomic mass is 19.4. The lowest BCUT2D eigenvalue weighted by Crippen LogP contribution is -2.12. The van der Waals surface area contributed by atoms with Crippen LogP contribution >= 0.6 is 0 Å². The van der Waals surface area contributed by atoms with Crippen LogP contribution in [0, 0.1) is 4.91 Å². The van der Waals surface area contributed by atoms with Gasteiger partial charge in [0.2, 0.25) is 0 Å². The molecule has 128 valence electrons. The molecule has 3 heterocycles. The molecule has 9 nitrogen and oxygen atoms in total. The number of fused-ring (bicyclic) bond motifs is 1. The SMILES string of the molecule is O=NOC(=O)c1ccnc(-n2cc(C(F)(F)F)c3c(=O)[nH]cnc32)c1. The van der Waals surface area contributed by atoms with Crippen molar-refractivity contribution in [3.05, 3.63) is 57.2 Å². The van der Waals surface area contributed by atoms with Crippen molar-refractivity contribution in [2.45, 2.75) is 6.18 Å². The highest BCUT2D eigenvalue weighted by Crippen LogP contribution is 2.34. The summed E-state index contributed by atoms with van der Waals surface area (Å²) in [6.07, 6.45) is -2.11. The van der Waals surface area contributed by atoms with E-state index in [0.29, 0.717) is 6.20 Å². The zero-order chi connectivity index (χ0) is 18.2. The van der Waals surface area contributed by atoms with E-state index in [9.17, 15) is 27.7 Å². The third kappa shape index (κ3) is 2.84. The van der Waals surface area contributed by atoms with Gasteiger partial charge in [0.05, 0.1) is 22.8 Å². The molecule has 25 heavy (non-hydrogen) atoms. The molecule has 0 spiro atoms. The molecule has 3 aromatic heterocycles. The first-order valence-corrected chi connectivity index (χ1v) is 6.49. The number of H-pyrrole nitrogens is 1. The van der Waals surface area contributed by atoms with E-state index in [-0.39, 0.29) is 17.0 Å². The number of rotatable bonds is 3. The van der Waals surface area contributed by atoms with E-state index in [2.05, 4.69) is 19.8 Å². The van der Waals surface area contributed by atoms with Crippen LogP contribution in [-0.4, -0.2) is 25.5 Å². The molecule has 0 aliphatic heterocycles. The minimum absolute atomic E-state index is 0.140. The van der Waals surface area contributed by atoms with E-state index < -0.39 is 28.7 Å². The van der Waals surface area contributed by atoms with Crippen LogP contribution in [0.2, 0.25) is 0 Å². The van der Waals surface area contributed by atoms with Gasteiger partial charge in [0.15, 0.2) is 11.0 Å². The monoisotopic (exact) mass is 353 g/mol. The zero-order valence-corrected chi connectivity index (χ0v) is 11.9. The van der Waals surface area contributed by atoms with E-state index in [4.69, 9.17) is 0 Å². The first-order chi connectivity index (χ1) is 11.8. The lowest BCUT2D eigenvalue weighted by molar-refractivity contribution is -0.136. The van der Waals surface area contributed by atoms with E-state index in [1.165, 1.54) is 6.07 Å². The highest BCUT2D eigenvalue weighted by molar-refractivity contribution is 5.90. The number of hydrogen-bond donors (Lipinski definition) is 1. The number of nitrogens with zero attached hydrogens (tertiary/aromatic N) is 4. The first kappa shape index (κ1) is 16.3. The highest BCUT2D eigenvalue weighted by Gasteiger charge is 2.36. The molecule has 12 heteroatoms. The second-order valence-electron chi connectivity index (χ2n) is 4.70. The van der Waals surface area contributed by atoms with Crippen LogP contribution in [0.5, 0.6) is 0 Å². The fraction of sp³-hybridized carbons (Fsp3) is 0.0769. The Kier molecular flexibility index (Phi) is 3.79. The van der Waals surface area contributed by atoms with E-state index >= 15 is 0 Å². The fourth-order valence-corrected chi connectivity index (χ4v) is 2.22. The summed E-state index contributed by atoms with van der Waals surface area (Å²) in [4.78, 5) is 46.9. The van der Waals surface area contributed by atoms with Crippen LogP contribution in [0.1, 0.15) is 15.9 Å². The Hall–Kier alpha value is -3.57. The molecule has 0 aromatic carbocycles. The smallest absolute Gasteiger partial charge is 0.312 e. The Morgan fingerprint density at radius 1 is 1.32 bits per heavy atom. The number of halogens is 3. The molecule has 0 saturated heterocycles. The number of aromatic nitrogens is 4. The van der Waals surface area contributed by atoms with Crippen molar-refractivity contribution in [1.82, 2.24) is 19.5 Å². The lowest BCUT2D eigenvalue weighted by Gasteiger charge is -2.04. The van der Waals surface area contributed by atoms with Gasteiger partial charge in [-0.15, -0.1) is 4.91 Å². The molecule has 0 atom stereocenters. The fourth-order valence-electron chi connectivity index (χ4n) is 2.22. The third-order valence-electron chi connectivity index (χ3n) is 3.24. The summed E-state index contributed by atoms with van der Waals surface area (Å²) >= 11 is 0. The Balaban J connectivity index is 2.26. The quantitative estimate of drug-likeness (QED) is 0.568. The van der Waals surface area contributed by atoms with Crippen molar-refractivity contribution >= 4 is 17.0 Å². The van der Waals surface area contributed by atoms with Crippen molar-refractivity contribution in [3.63, 3.8) is 0 Å². The predicted octanol–water partition coefficient (Wildman–Crippen LogP) is 1.97. The Labute approximate surface area is 135 Å². The molecule has 0 unspecified atom stereocenters. The van der Waals surface area contributed by atoms with E-state index in [0.717, 1.165) is 23.2 Å². The topological polar surface area (TPSA) is 119 Å². The lowest BCUT2D eigenvalue weighted by atomic mass is 10.2. The maximum Gasteiger partial charge on any atom is 0.418 e. The number of alkyl halides is 3. The number of nitrogens with one attached hydrogen (secondary N) is 1.